The normalized spacial score (nSPS) is 12.1. The topological polar surface area (TPSA) is 24.9 Å². The van der Waals surface area contributed by atoms with Gasteiger partial charge < -0.3 is 19.3 Å². The second-order valence-corrected chi connectivity index (χ2v) is 14.9. The predicted octanol–water partition coefficient (Wildman–Crippen LogP) is 12.7. The molecule has 2 aliphatic rings. The van der Waals surface area contributed by atoms with Gasteiger partial charge in [-0.1, -0.05) is 146 Å². The van der Waals surface area contributed by atoms with Gasteiger partial charge in [0, 0.05) is 52.3 Å². The number of hydrogen-bond donors (Lipinski definition) is 0. The van der Waals surface area contributed by atoms with Crippen LogP contribution in [0.3, 0.4) is 0 Å². The molecule has 2 aliphatic heterocycles. The van der Waals surface area contributed by atoms with Crippen LogP contribution in [-0.4, -0.2) is 6.71 Å². The van der Waals surface area contributed by atoms with Crippen molar-refractivity contribution >= 4 is 57.2 Å². The van der Waals surface area contributed by atoms with E-state index in [-0.39, 0.29) is 6.71 Å². The van der Waals surface area contributed by atoms with E-state index in [0.717, 1.165) is 73.4 Å². The molecule has 5 heteroatoms. The van der Waals surface area contributed by atoms with Gasteiger partial charge in [0.1, 0.15) is 23.0 Å². The number of benzene rings is 9. The zero-order valence-electron chi connectivity index (χ0n) is 32.2. The molecule has 59 heavy (non-hydrogen) atoms. The molecule has 0 radical (unpaired) electrons. The zero-order valence-corrected chi connectivity index (χ0v) is 32.2. The van der Waals surface area contributed by atoms with Crippen LogP contribution in [-0.2, 0) is 0 Å². The lowest BCUT2D eigenvalue weighted by atomic mass is 9.34. The monoisotopic (exact) mass is 756 g/mol. The quantitative estimate of drug-likeness (QED) is 0.144. The van der Waals surface area contributed by atoms with Gasteiger partial charge in [-0.25, -0.2) is 0 Å². The molecule has 0 aromatic heterocycles. The Morgan fingerprint density at radius 3 is 1.63 bits per heavy atom. The highest BCUT2D eigenvalue weighted by Gasteiger charge is 2.43. The molecule has 4 nitrogen and oxygen atoms in total. The van der Waals surface area contributed by atoms with Crippen LogP contribution in [0.1, 0.15) is 0 Å². The van der Waals surface area contributed by atoms with Crippen molar-refractivity contribution in [3.8, 4) is 45.3 Å². The van der Waals surface area contributed by atoms with E-state index in [1.165, 1.54) is 16.6 Å². The first-order chi connectivity index (χ1) is 29.2. The molecule has 0 fully saturated rings. The molecule has 9 aromatic rings. The summed E-state index contributed by atoms with van der Waals surface area (Å²) in [6, 6.07) is 78.9. The summed E-state index contributed by atoms with van der Waals surface area (Å²) < 4.78 is 13.8. The Labute approximate surface area is 344 Å². The fourth-order valence-corrected chi connectivity index (χ4v) is 8.67. The smallest absolute Gasteiger partial charge is 0.256 e. The SMILES string of the molecule is c1ccc(Oc2cc3c4c(c2)N(c2cccc(-c5ccccc5)c2)c2cc(-c5ccccc5)ccc2B4c2ccc(N(c4ccccc4)c4ccccc4)cc2O3)cc1. The Bertz CT molecular complexity index is 2900. The molecule has 0 unspecified atom stereocenters. The van der Waals surface area contributed by atoms with E-state index in [1.807, 2.05) is 30.3 Å². The Balaban J connectivity index is 1.14. The van der Waals surface area contributed by atoms with Crippen LogP contribution >= 0.6 is 0 Å². The Kier molecular flexibility index (Phi) is 8.56. The van der Waals surface area contributed by atoms with Crippen LogP contribution in [0.15, 0.2) is 224 Å². The van der Waals surface area contributed by atoms with Crippen LogP contribution in [0.4, 0.5) is 34.1 Å². The van der Waals surface area contributed by atoms with E-state index in [0.29, 0.717) is 5.75 Å². The van der Waals surface area contributed by atoms with E-state index in [4.69, 9.17) is 9.47 Å². The molecule has 0 spiro atoms. The standard InChI is InChI=1S/C54H37BN2O2/c1-6-17-38(18-7-1)40-21-16-26-44(33-40)57-50-34-41(39-19-8-2-9-20-39)29-31-48(50)55-49-32-30-45(56(42-22-10-3-11-23-42)43-24-12-4-13-25-43)35-52(49)59-53-37-47(36-51(57)54(53)55)58-46-27-14-5-15-28-46/h1-37H. The number of para-hydroxylation sites is 3. The van der Waals surface area contributed by atoms with Gasteiger partial charge in [-0.05, 0) is 99.3 Å². The number of hydrogen-bond acceptors (Lipinski definition) is 4. The summed E-state index contributed by atoms with van der Waals surface area (Å²) in [6.45, 7) is -0.0983. The predicted molar refractivity (Wildman–Crippen MR) is 244 cm³/mol. The first-order valence-electron chi connectivity index (χ1n) is 20.0. The number of anilines is 6. The minimum atomic E-state index is -0.0983. The molecular formula is C54H37BN2O2. The Morgan fingerprint density at radius 2 is 0.966 bits per heavy atom. The highest BCUT2D eigenvalue weighted by atomic mass is 16.5. The van der Waals surface area contributed by atoms with Crippen LogP contribution in [0.2, 0.25) is 0 Å². The van der Waals surface area contributed by atoms with Crippen LogP contribution in [0, 0.1) is 0 Å². The summed E-state index contributed by atoms with van der Waals surface area (Å²) in [5, 5.41) is 0. The molecule has 2 heterocycles. The summed E-state index contributed by atoms with van der Waals surface area (Å²) >= 11 is 0. The van der Waals surface area contributed by atoms with E-state index >= 15 is 0 Å². The van der Waals surface area contributed by atoms with E-state index in [1.54, 1.807) is 0 Å². The maximum atomic E-state index is 7.12. The molecule has 0 atom stereocenters. The molecule has 11 rings (SSSR count). The molecule has 278 valence electrons. The van der Waals surface area contributed by atoms with Crippen LogP contribution in [0.25, 0.3) is 22.3 Å². The van der Waals surface area contributed by atoms with Gasteiger partial charge in [-0.3, -0.25) is 0 Å². The van der Waals surface area contributed by atoms with Gasteiger partial charge in [-0.2, -0.15) is 0 Å². The summed E-state index contributed by atoms with van der Waals surface area (Å²) in [5.41, 5.74) is 14.4. The van der Waals surface area contributed by atoms with Gasteiger partial charge in [0.2, 0.25) is 0 Å². The molecule has 0 N–H and O–H groups in total. The van der Waals surface area contributed by atoms with Crippen molar-refractivity contribution in [2.24, 2.45) is 0 Å². The van der Waals surface area contributed by atoms with E-state index < -0.39 is 0 Å². The van der Waals surface area contributed by atoms with E-state index in [9.17, 15) is 0 Å². The number of rotatable bonds is 8. The minimum absolute atomic E-state index is 0.0983. The molecule has 0 saturated carbocycles. The zero-order chi connectivity index (χ0) is 39.1. The third-order valence-electron chi connectivity index (χ3n) is 11.3. The van der Waals surface area contributed by atoms with Crippen molar-refractivity contribution in [2.45, 2.75) is 0 Å². The highest BCUT2D eigenvalue weighted by Crippen LogP contribution is 2.46. The number of nitrogens with zero attached hydrogens (tertiary/aromatic N) is 2. The molecule has 0 amide bonds. The molecule has 0 bridgehead atoms. The Morgan fingerprint density at radius 1 is 0.390 bits per heavy atom. The molecular weight excluding hydrogens is 719 g/mol. The van der Waals surface area contributed by atoms with Gasteiger partial charge in [0.15, 0.2) is 0 Å². The van der Waals surface area contributed by atoms with Crippen molar-refractivity contribution in [3.05, 3.63) is 224 Å². The maximum Gasteiger partial charge on any atom is 0.256 e. The second-order valence-electron chi connectivity index (χ2n) is 14.9. The fourth-order valence-electron chi connectivity index (χ4n) is 8.67. The van der Waals surface area contributed by atoms with Crippen molar-refractivity contribution < 1.29 is 9.47 Å². The molecule has 0 aliphatic carbocycles. The van der Waals surface area contributed by atoms with Gasteiger partial charge in [0.05, 0.1) is 0 Å². The minimum Gasteiger partial charge on any atom is -0.458 e. The lowest BCUT2D eigenvalue weighted by Crippen LogP contribution is -2.59. The number of ether oxygens (including phenoxy) is 2. The average molecular weight is 757 g/mol. The molecule has 0 saturated heterocycles. The van der Waals surface area contributed by atoms with Gasteiger partial charge in [0.25, 0.3) is 6.71 Å². The molecule has 9 aromatic carbocycles. The fraction of sp³-hybridized carbons (Fsp3) is 0. The summed E-state index contributed by atoms with van der Waals surface area (Å²) in [4.78, 5) is 4.68. The van der Waals surface area contributed by atoms with Crippen LogP contribution < -0.4 is 35.7 Å². The summed E-state index contributed by atoms with van der Waals surface area (Å²) in [7, 11) is 0. The van der Waals surface area contributed by atoms with E-state index in [2.05, 4.69) is 204 Å². The lowest BCUT2D eigenvalue weighted by molar-refractivity contribution is 0.463. The Hall–Kier alpha value is -7.76. The van der Waals surface area contributed by atoms with Gasteiger partial charge >= 0.3 is 0 Å². The highest BCUT2D eigenvalue weighted by molar-refractivity contribution is 6.99. The largest absolute Gasteiger partial charge is 0.458 e. The number of fused-ring (bicyclic) bond motifs is 4. The maximum absolute atomic E-state index is 7.12. The third kappa shape index (κ3) is 6.30. The van der Waals surface area contributed by atoms with Crippen molar-refractivity contribution in [1.29, 1.82) is 0 Å². The second kappa shape index (κ2) is 14.6. The first kappa shape index (κ1) is 34.5. The van der Waals surface area contributed by atoms with Crippen LogP contribution in [0.5, 0.6) is 23.0 Å². The lowest BCUT2D eigenvalue weighted by Gasteiger charge is -2.40. The summed E-state index contributed by atoms with van der Waals surface area (Å²) in [6.07, 6.45) is 0. The van der Waals surface area contributed by atoms with Crippen molar-refractivity contribution in [2.75, 3.05) is 9.80 Å². The summed E-state index contributed by atoms with van der Waals surface area (Å²) in [5.74, 6) is 3.05. The average Bonchev–Trinajstić information content (AvgIpc) is 3.30. The van der Waals surface area contributed by atoms with Crippen molar-refractivity contribution in [3.63, 3.8) is 0 Å². The third-order valence-corrected chi connectivity index (χ3v) is 11.3. The van der Waals surface area contributed by atoms with Gasteiger partial charge in [-0.15, -0.1) is 0 Å². The first-order valence-corrected chi connectivity index (χ1v) is 20.0. The van der Waals surface area contributed by atoms with Crippen molar-refractivity contribution in [1.82, 2.24) is 0 Å².